The molecule has 0 bridgehead atoms. The zero-order valence-corrected chi connectivity index (χ0v) is 16.4. The molecule has 6 heteroatoms. The van der Waals surface area contributed by atoms with E-state index in [1.165, 1.54) is 11.1 Å². The lowest BCUT2D eigenvalue weighted by molar-refractivity contribution is -0.124. The third-order valence-electron chi connectivity index (χ3n) is 4.43. The minimum atomic E-state index is -0.0747. The van der Waals surface area contributed by atoms with Crippen molar-refractivity contribution < 1.29 is 14.3 Å². The molecule has 144 valence electrons. The van der Waals surface area contributed by atoms with Crippen LogP contribution in [0.15, 0.2) is 12.1 Å². The van der Waals surface area contributed by atoms with Gasteiger partial charge < -0.3 is 15.4 Å². The van der Waals surface area contributed by atoms with Crippen LogP contribution in [0.25, 0.3) is 0 Å². The summed E-state index contributed by atoms with van der Waals surface area (Å²) in [6, 6.07) is 4.54. The van der Waals surface area contributed by atoms with E-state index in [-0.39, 0.29) is 24.9 Å². The summed E-state index contributed by atoms with van der Waals surface area (Å²) >= 11 is 0. The molecule has 1 aliphatic rings. The molecule has 1 fully saturated rings. The van der Waals surface area contributed by atoms with Gasteiger partial charge in [-0.15, -0.1) is 0 Å². The molecule has 2 amide bonds. The van der Waals surface area contributed by atoms with Crippen LogP contribution in [0.4, 0.5) is 0 Å². The van der Waals surface area contributed by atoms with Crippen LogP contribution < -0.4 is 15.4 Å². The van der Waals surface area contributed by atoms with Crippen LogP contribution in [0.1, 0.15) is 36.0 Å². The maximum absolute atomic E-state index is 11.9. The topological polar surface area (TPSA) is 70.7 Å². The highest BCUT2D eigenvalue weighted by molar-refractivity contribution is 5.81. The largest absolute Gasteiger partial charge is 0.493 e. The van der Waals surface area contributed by atoms with Gasteiger partial charge in [0.05, 0.1) is 19.7 Å². The molecule has 1 aliphatic carbocycles. The normalized spacial score (nSPS) is 13.6. The summed E-state index contributed by atoms with van der Waals surface area (Å²) < 4.78 is 5.84. The van der Waals surface area contributed by atoms with Crippen molar-refractivity contribution in [1.82, 2.24) is 15.5 Å². The summed E-state index contributed by atoms with van der Waals surface area (Å²) in [5, 5.41) is 5.79. The Labute approximate surface area is 156 Å². The molecule has 0 unspecified atom stereocenters. The van der Waals surface area contributed by atoms with E-state index in [9.17, 15) is 9.59 Å². The van der Waals surface area contributed by atoms with Crippen molar-refractivity contribution in [1.29, 1.82) is 0 Å². The van der Waals surface area contributed by atoms with Gasteiger partial charge in [-0.05, 0) is 69.8 Å². The highest BCUT2D eigenvalue weighted by Gasteiger charge is 2.23. The minimum absolute atomic E-state index is 0.0139. The number of nitrogens with zero attached hydrogens (tertiary/aromatic N) is 1. The van der Waals surface area contributed by atoms with Gasteiger partial charge in [0.2, 0.25) is 11.8 Å². The number of ether oxygens (including phenoxy) is 1. The molecule has 26 heavy (non-hydrogen) atoms. The Morgan fingerprint density at radius 1 is 1.15 bits per heavy atom. The van der Waals surface area contributed by atoms with Crippen LogP contribution in [-0.2, 0) is 9.59 Å². The number of carbonyl (C=O) groups is 2. The number of carbonyl (C=O) groups excluding carboxylic acids is 2. The lowest BCUT2D eigenvalue weighted by Crippen LogP contribution is -2.41. The first-order chi connectivity index (χ1) is 12.3. The van der Waals surface area contributed by atoms with Crippen molar-refractivity contribution in [2.75, 3.05) is 33.3 Å². The van der Waals surface area contributed by atoms with Gasteiger partial charge in [0.15, 0.2) is 0 Å². The molecule has 0 saturated heterocycles. The second-order valence-electron chi connectivity index (χ2n) is 7.27. The predicted octanol–water partition coefficient (Wildman–Crippen LogP) is 1.71. The van der Waals surface area contributed by atoms with Crippen molar-refractivity contribution >= 4 is 11.8 Å². The number of benzene rings is 1. The summed E-state index contributed by atoms with van der Waals surface area (Å²) in [5.41, 5.74) is 3.57. The van der Waals surface area contributed by atoms with Gasteiger partial charge in [-0.3, -0.25) is 14.5 Å². The fraction of sp³-hybridized carbons (Fsp3) is 0.600. The first kappa shape index (κ1) is 20.2. The van der Waals surface area contributed by atoms with Crippen LogP contribution in [0, 0.1) is 20.8 Å². The monoisotopic (exact) mass is 361 g/mol. The second kappa shape index (κ2) is 9.57. The van der Waals surface area contributed by atoms with Crippen molar-refractivity contribution in [3.05, 3.63) is 28.8 Å². The number of rotatable bonds is 10. The molecule has 0 spiro atoms. The SMILES string of the molecule is Cc1cc(C)c(C)c(OCCCNC(=O)CN(C)CC(=O)NC2CC2)c1. The van der Waals surface area contributed by atoms with Crippen LogP contribution >= 0.6 is 0 Å². The predicted molar refractivity (Wildman–Crippen MR) is 102 cm³/mol. The Hall–Kier alpha value is -2.08. The molecule has 2 N–H and O–H groups in total. The van der Waals surface area contributed by atoms with E-state index >= 15 is 0 Å². The molecule has 0 heterocycles. The van der Waals surface area contributed by atoms with Crippen LogP contribution in [0.3, 0.4) is 0 Å². The molecule has 2 rings (SSSR count). The summed E-state index contributed by atoms with van der Waals surface area (Å²) in [7, 11) is 1.78. The Bertz CT molecular complexity index is 641. The molecule has 1 aromatic rings. The lowest BCUT2D eigenvalue weighted by atomic mass is 10.1. The molecular weight excluding hydrogens is 330 g/mol. The Balaban J connectivity index is 1.58. The zero-order chi connectivity index (χ0) is 19.1. The Morgan fingerprint density at radius 3 is 2.54 bits per heavy atom. The van der Waals surface area contributed by atoms with Crippen LogP contribution in [-0.4, -0.2) is 56.0 Å². The number of aryl methyl sites for hydroxylation is 2. The molecule has 1 saturated carbocycles. The fourth-order valence-corrected chi connectivity index (χ4v) is 2.74. The maximum atomic E-state index is 11.9. The maximum Gasteiger partial charge on any atom is 0.234 e. The van der Waals surface area contributed by atoms with Crippen molar-refractivity contribution in [2.45, 2.75) is 46.1 Å². The molecule has 0 radical (unpaired) electrons. The highest BCUT2D eigenvalue weighted by Crippen LogP contribution is 2.23. The summed E-state index contributed by atoms with van der Waals surface area (Å²) in [5.74, 6) is 0.824. The van der Waals surface area contributed by atoms with E-state index in [4.69, 9.17) is 4.74 Å². The Kier molecular flexibility index (Phi) is 7.45. The fourth-order valence-electron chi connectivity index (χ4n) is 2.74. The standard InChI is InChI=1S/C20H31N3O3/c1-14-10-15(2)16(3)18(11-14)26-9-5-8-21-19(24)12-23(4)13-20(25)22-17-6-7-17/h10-11,17H,5-9,12-13H2,1-4H3,(H,21,24)(H,22,25). The van der Waals surface area contributed by atoms with E-state index in [1.807, 2.05) is 6.07 Å². The van der Waals surface area contributed by atoms with E-state index in [0.717, 1.165) is 30.6 Å². The van der Waals surface area contributed by atoms with Gasteiger partial charge in [-0.2, -0.15) is 0 Å². The number of hydrogen-bond donors (Lipinski definition) is 2. The average Bonchev–Trinajstić information content (AvgIpc) is 3.34. The summed E-state index contributed by atoms with van der Waals surface area (Å²) in [6.07, 6.45) is 2.88. The smallest absolute Gasteiger partial charge is 0.234 e. The first-order valence-electron chi connectivity index (χ1n) is 9.30. The van der Waals surface area contributed by atoms with Crippen molar-refractivity contribution in [3.63, 3.8) is 0 Å². The minimum Gasteiger partial charge on any atom is -0.493 e. The number of likely N-dealkylation sites (N-methyl/N-ethyl adjacent to an activating group) is 1. The zero-order valence-electron chi connectivity index (χ0n) is 16.4. The molecule has 0 atom stereocenters. The van der Waals surface area contributed by atoms with E-state index < -0.39 is 0 Å². The lowest BCUT2D eigenvalue weighted by Gasteiger charge is -2.16. The Morgan fingerprint density at radius 2 is 1.85 bits per heavy atom. The molecule has 6 nitrogen and oxygen atoms in total. The quantitative estimate of drug-likeness (QED) is 0.623. The van der Waals surface area contributed by atoms with Gasteiger partial charge in [0.25, 0.3) is 0 Å². The molecule has 1 aromatic carbocycles. The van der Waals surface area contributed by atoms with Crippen molar-refractivity contribution in [2.24, 2.45) is 0 Å². The van der Waals surface area contributed by atoms with Gasteiger partial charge in [0.1, 0.15) is 5.75 Å². The molecular formula is C20H31N3O3. The van der Waals surface area contributed by atoms with Crippen LogP contribution in [0.2, 0.25) is 0 Å². The van der Waals surface area contributed by atoms with Gasteiger partial charge >= 0.3 is 0 Å². The van der Waals surface area contributed by atoms with E-state index in [2.05, 4.69) is 37.5 Å². The third kappa shape index (κ3) is 7.04. The van der Waals surface area contributed by atoms with Gasteiger partial charge in [-0.25, -0.2) is 0 Å². The van der Waals surface area contributed by atoms with Crippen molar-refractivity contribution in [3.8, 4) is 5.75 Å². The first-order valence-corrected chi connectivity index (χ1v) is 9.30. The second-order valence-corrected chi connectivity index (χ2v) is 7.27. The van der Waals surface area contributed by atoms with Gasteiger partial charge in [0, 0.05) is 12.6 Å². The van der Waals surface area contributed by atoms with E-state index in [1.54, 1.807) is 11.9 Å². The van der Waals surface area contributed by atoms with E-state index in [0.29, 0.717) is 19.2 Å². The molecule has 0 aliphatic heterocycles. The number of hydrogen-bond acceptors (Lipinski definition) is 4. The summed E-state index contributed by atoms with van der Waals surface area (Å²) in [4.78, 5) is 25.3. The van der Waals surface area contributed by atoms with Gasteiger partial charge in [-0.1, -0.05) is 6.07 Å². The summed E-state index contributed by atoms with van der Waals surface area (Å²) in [6.45, 7) is 7.78. The third-order valence-corrected chi connectivity index (χ3v) is 4.43. The van der Waals surface area contributed by atoms with Crippen LogP contribution in [0.5, 0.6) is 5.75 Å². The number of nitrogens with one attached hydrogen (secondary N) is 2. The number of amides is 2. The molecule has 0 aromatic heterocycles. The average molecular weight is 361 g/mol. The highest BCUT2D eigenvalue weighted by atomic mass is 16.5.